The summed E-state index contributed by atoms with van der Waals surface area (Å²) in [6.45, 7) is 6.08. The lowest BCUT2D eigenvalue weighted by atomic mass is 9.92. The molecule has 0 saturated heterocycles. The summed E-state index contributed by atoms with van der Waals surface area (Å²) in [6, 6.07) is 0. The van der Waals surface area contributed by atoms with Crippen LogP contribution in [0.3, 0.4) is 0 Å². The summed E-state index contributed by atoms with van der Waals surface area (Å²) in [5.74, 6) is 1.19. The summed E-state index contributed by atoms with van der Waals surface area (Å²) in [5, 5.41) is 5.79. The van der Waals surface area contributed by atoms with Gasteiger partial charge in [0, 0.05) is 13.6 Å². The number of rotatable bonds is 5. The first-order valence-corrected chi connectivity index (χ1v) is 5.74. The Morgan fingerprint density at radius 3 is 2.67 bits per heavy atom. The van der Waals surface area contributed by atoms with Gasteiger partial charge in [-0.3, -0.25) is 4.79 Å². The van der Waals surface area contributed by atoms with Crippen LogP contribution in [0.25, 0.3) is 0 Å². The Morgan fingerprint density at radius 2 is 2.11 bits per heavy atom. The van der Waals surface area contributed by atoms with Gasteiger partial charge in [-0.1, -0.05) is 0 Å². The van der Waals surface area contributed by atoms with E-state index in [1.807, 2.05) is 20.8 Å². The molecule has 1 heterocycles. The van der Waals surface area contributed by atoms with Crippen LogP contribution in [0.5, 0.6) is 5.88 Å². The molecule has 0 unspecified atom stereocenters. The minimum atomic E-state index is -0.515. The first-order chi connectivity index (χ1) is 8.42. The Balaban J connectivity index is 2.78. The van der Waals surface area contributed by atoms with Crippen molar-refractivity contribution in [2.24, 2.45) is 5.41 Å². The van der Waals surface area contributed by atoms with Gasteiger partial charge in [0.15, 0.2) is 0 Å². The zero-order valence-electron chi connectivity index (χ0n) is 11.5. The molecule has 0 atom stereocenters. The summed E-state index contributed by atoms with van der Waals surface area (Å²) >= 11 is 0. The maximum Gasteiger partial charge on any atom is 0.227 e. The molecule has 1 aromatic heterocycles. The van der Waals surface area contributed by atoms with Crippen LogP contribution in [-0.2, 0) is 4.79 Å². The fourth-order valence-corrected chi connectivity index (χ4v) is 1.54. The number of anilines is 1. The maximum atomic E-state index is 11.7. The fraction of sp³-hybridized carbons (Fsp3) is 0.583. The Morgan fingerprint density at radius 1 is 1.44 bits per heavy atom. The highest BCUT2D eigenvalue weighted by atomic mass is 16.5. The molecule has 18 heavy (non-hydrogen) atoms. The molecule has 1 amide bonds. The third kappa shape index (κ3) is 3.09. The van der Waals surface area contributed by atoms with Crippen LogP contribution >= 0.6 is 0 Å². The van der Waals surface area contributed by atoms with E-state index < -0.39 is 5.41 Å². The summed E-state index contributed by atoms with van der Waals surface area (Å²) in [5.41, 5.74) is 0.312. The molecule has 2 N–H and O–H groups in total. The van der Waals surface area contributed by atoms with E-state index in [-0.39, 0.29) is 5.91 Å². The molecule has 0 aliphatic heterocycles. The Kier molecular flexibility index (Phi) is 4.47. The van der Waals surface area contributed by atoms with Crippen LogP contribution in [0.4, 0.5) is 5.82 Å². The standard InChI is InChI=1S/C12H20N4O2/c1-8-9(15-7-16-10(8)18-5)14-6-12(2,3)11(17)13-4/h7H,6H2,1-5H3,(H,13,17)(H,14,15,16). The van der Waals surface area contributed by atoms with Gasteiger partial charge in [-0.05, 0) is 20.8 Å². The van der Waals surface area contributed by atoms with Crippen molar-refractivity contribution < 1.29 is 9.53 Å². The van der Waals surface area contributed by atoms with Crippen molar-refractivity contribution in [1.29, 1.82) is 0 Å². The van der Waals surface area contributed by atoms with Gasteiger partial charge in [0.1, 0.15) is 12.1 Å². The van der Waals surface area contributed by atoms with E-state index in [1.54, 1.807) is 14.2 Å². The third-order valence-electron chi connectivity index (χ3n) is 2.77. The van der Waals surface area contributed by atoms with Crippen molar-refractivity contribution in [3.8, 4) is 5.88 Å². The second kappa shape index (κ2) is 5.66. The molecular formula is C12H20N4O2. The van der Waals surface area contributed by atoms with Gasteiger partial charge in [-0.2, -0.15) is 0 Å². The molecule has 0 fully saturated rings. The van der Waals surface area contributed by atoms with Gasteiger partial charge >= 0.3 is 0 Å². The Hall–Kier alpha value is -1.85. The average molecular weight is 252 g/mol. The fourth-order valence-electron chi connectivity index (χ4n) is 1.54. The number of carbonyl (C=O) groups is 1. The van der Waals surface area contributed by atoms with E-state index in [0.717, 1.165) is 5.56 Å². The second-order valence-electron chi connectivity index (χ2n) is 4.67. The number of carbonyl (C=O) groups excluding carboxylic acids is 1. The molecule has 1 rings (SSSR count). The molecule has 0 aliphatic carbocycles. The summed E-state index contributed by atoms with van der Waals surface area (Å²) in [6.07, 6.45) is 1.43. The van der Waals surface area contributed by atoms with Crippen molar-refractivity contribution in [2.75, 3.05) is 26.0 Å². The molecule has 6 nitrogen and oxygen atoms in total. The molecule has 100 valence electrons. The van der Waals surface area contributed by atoms with E-state index in [4.69, 9.17) is 4.74 Å². The molecular weight excluding hydrogens is 232 g/mol. The average Bonchev–Trinajstić information content (AvgIpc) is 2.36. The van der Waals surface area contributed by atoms with Gasteiger partial charge < -0.3 is 15.4 Å². The lowest BCUT2D eigenvalue weighted by molar-refractivity contribution is -0.128. The second-order valence-corrected chi connectivity index (χ2v) is 4.67. The van der Waals surface area contributed by atoms with Crippen LogP contribution in [0, 0.1) is 12.3 Å². The zero-order valence-corrected chi connectivity index (χ0v) is 11.5. The van der Waals surface area contributed by atoms with Crippen molar-refractivity contribution in [3.05, 3.63) is 11.9 Å². The number of ether oxygens (including phenoxy) is 1. The van der Waals surface area contributed by atoms with Crippen LogP contribution < -0.4 is 15.4 Å². The normalized spacial score (nSPS) is 10.9. The van der Waals surface area contributed by atoms with Crippen molar-refractivity contribution in [2.45, 2.75) is 20.8 Å². The van der Waals surface area contributed by atoms with E-state index >= 15 is 0 Å². The van der Waals surface area contributed by atoms with Crippen molar-refractivity contribution >= 4 is 11.7 Å². The third-order valence-corrected chi connectivity index (χ3v) is 2.77. The lowest BCUT2D eigenvalue weighted by Crippen LogP contribution is -2.39. The summed E-state index contributed by atoms with van der Waals surface area (Å²) < 4.78 is 5.12. The summed E-state index contributed by atoms with van der Waals surface area (Å²) in [4.78, 5) is 19.8. The first-order valence-electron chi connectivity index (χ1n) is 5.74. The number of amides is 1. The van der Waals surface area contributed by atoms with E-state index in [0.29, 0.717) is 18.2 Å². The lowest BCUT2D eigenvalue weighted by Gasteiger charge is -2.23. The Labute approximate surface area is 107 Å². The molecule has 0 saturated carbocycles. The van der Waals surface area contributed by atoms with Gasteiger partial charge in [-0.25, -0.2) is 9.97 Å². The smallest absolute Gasteiger partial charge is 0.227 e. The number of hydrogen-bond donors (Lipinski definition) is 2. The van der Waals surface area contributed by atoms with E-state index in [1.165, 1.54) is 6.33 Å². The minimum Gasteiger partial charge on any atom is -0.481 e. The molecule has 6 heteroatoms. The minimum absolute atomic E-state index is 0.0197. The molecule has 0 bridgehead atoms. The van der Waals surface area contributed by atoms with Crippen LogP contribution in [0.2, 0.25) is 0 Å². The largest absolute Gasteiger partial charge is 0.481 e. The van der Waals surface area contributed by atoms with Gasteiger partial charge in [0.25, 0.3) is 0 Å². The monoisotopic (exact) mass is 252 g/mol. The van der Waals surface area contributed by atoms with Crippen molar-refractivity contribution in [3.63, 3.8) is 0 Å². The van der Waals surface area contributed by atoms with Crippen LogP contribution in [0.15, 0.2) is 6.33 Å². The molecule has 0 radical (unpaired) electrons. The molecule has 0 spiro atoms. The molecule has 0 aromatic carbocycles. The number of methoxy groups -OCH3 is 1. The van der Waals surface area contributed by atoms with Crippen LogP contribution in [-0.4, -0.2) is 36.6 Å². The quantitative estimate of drug-likeness (QED) is 0.817. The number of nitrogens with zero attached hydrogens (tertiary/aromatic N) is 2. The Bertz CT molecular complexity index is 432. The van der Waals surface area contributed by atoms with Gasteiger partial charge in [0.05, 0.1) is 18.1 Å². The first kappa shape index (κ1) is 14.2. The summed E-state index contributed by atoms with van der Waals surface area (Å²) in [7, 11) is 3.19. The maximum absolute atomic E-state index is 11.7. The number of aromatic nitrogens is 2. The topological polar surface area (TPSA) is 76.1 Å². The highest BCUT2D eigenvalue weighted by Gasteiger charge is 2.26. The number of nitrogens with one attached hydrogen (secondary N) is 2. The highest BCUT2D eigenvalue weighted by molar-refractivity contribution is 5.82. The van der Waals surface area contributed by atoms with Crippen LogP contribution in [0.1, 0.15) is 19.4 Å². The zero-order chi connectivity index (χ0) is 13.8. The highest BCUT2D eigenvalue weighted by Crippen LogP contribution is 2.22. The molecule has 0 aliphatic rings. The van der Waals surface area contributed by atoms with E-state index in [2.05, 4.69) is 20.6 Å². The van der Waals surface area contributed by atoms with Gasteiger partial charge in [0.2, 0.25) is 11.8 Å². The SMILES string of the molecule is CNC(=O)C(C)(C)CNc1ncnc(OC)c1C. The van der Waals surface area contributed by atoms with Gasteiger partial charge in [-0.15, -0.1) is 0 Å². The van der Waals surface area contributed by atoms with E-state index in [9.17, 15) is 4.79 Å². The van der Waals surface area contributed by atoms with Crippen molar-refractivity contribution in [1.82, 2.24) is 15.3 Å². The molecule has 1 aromatic rings. The predicted octanol–water partition coefficient (Wildman–Crippen LogP) is 0.978. The number of hydrogen-bond acceptors (Lipinski definition) is 5. The predicted molar refractivity (Wildman–Crippen MR) is 69.7 cm³/mol.